The minimum atomic E-state index is 0. The Bertz CT molecular complexity index is 443. The molecule has 0 atom stereocenters. The summed E-state index contributed by atoms with van der Waals surface area (Å²) in [6.45, 7) is 10.3. The zero-order valence-electron chi connectivity index (χ0n) is 13.6. The number of rotatable bonds is 6. The molecule has 5 nitrogen and oxygen atoms in total. The van der Waals surface area contributed by atoms with Crippen LogP contribution < -0.4 is 10.6 Å². The van der Waals surface area contributed by atoms with Crippen LogP contribution in [-0.4, -0.2) is 48.6 Å². The first kappa shape index (κ1) is 19.6. The Morgan fingerprint density at radius 3 is 2.73 bits per heavy atom. The third-order valence-corrected chi connectivity index (χ3v) is 4.47. The molecule has 1 aliphatic rings. The van der Waals surface area contributed by atoms with Crippen molar-refractivity contribution in [3.8, 4) is 0 Å². The zero-order valence-corrected chi connectivity index (χ0v) is 16.7. The van der Waals surface area contributed by atoms with E-state index < -0.39 is 0 Å². The molecule has 0 aliphatic carbocycles. The quantitative estimate of drug-likeness (QED) is 0.408. The van der Waals surface area contributed by atoms with Crippen LogP contribution in [0.1, 0.15) is 36.1 Å². The van der Waals surface area contributed by atoms with Crippen LogP contribution in [0.2, 0.25) is 0 Å². The molecule has 0 spiro atoms. The van der Waals surface area contributed by atoms with E-state index in [0.717, 1.165) is 30.6 Å². The van der Waals surface area contributed by atoms with Gasteiger partial charge in [-0.05, 0) is 39.8 Å². The highest BCUT2D eigenvalue weighted by Gasteiger charge is 2.09. The molecule has 1 aromatic rings. The summed E-state index contributed by atoms with van der Waals surface area (Å²) in [6.07, 6.45) is 6.00. The van der Waals surface area contributed by atoms with Crippen molar-refractivity contribution in [2.24, 2.45) is 4.99 Å². The first-order valence-electron chi connectivity index (χ1n) is 7.94. The molecule has 22 heavy (non-hydrogen) atoms. The molecule has 0 bridgehead atoms. The minimum Gasteiger partial charge on any atom is -0.357 e. The van der Waals surface area contributed by atoms with Gasteiger partial charge in [-0.2, -0.15) is 0 Å². The van der Waals surface area contributed by atoms with Crippen molar-refractivity contribution in [1.29, 1.82) is 0 Å². The fourth-order valence-electron chi connectivity index (χ4n) is 2.49. The largest absolute Gasteiger partial charge is 0.357 e. The molecule has 2 rings (SSSR count). The third kappa shape index (κ3) is 7.23. The van der Waals surface area contributed by atoms with Gasteiger partial charge in [0.05, 0.1) is 11.6 Å². The lowest BCUT2D eigenvalue weighted by Crippen LogP contribution is -2.42. The molecule has 126 valence electrons. The number of piperidine rings is 1. The number of hydrogen-bond acceptors (Lipinski definition) is 4. The van der Waals surface area contributed by atoms with Crippen molar-refractivity contribution >= 4 is 41.3 Å². The molecule has 0 unspecified atom stereocenters. The van der Waals surface area contributed by atoms with E-state index in [2.05, 4.69) is 32.4 Å². The summed E-state index contributed by atoms with van der Waals surface area (Å²) in [5, 5.41) is 7.83. The number of hydrogen-bond donors (Lipinski definition) is 2. The van der Waals surface area contributed by atoms with Crippen LogP contribution in [0.15, 0.2) is 11.2 Å². The van der Waals surface area contributed by atoms with Gasteiger partial charge in [0.25, 0.3) is 0 Å². The van der Waals surface area contributed by atoms with E-state index >= 15 is 0 Å². The van der Waals surface area contributed by atoms with Gasteiger partial charge in [0.15, 0.2) is 5.96 Å². The van der Waals surface area contributed by atoms with E-state index in [4.69, 9.17) is 0 Å². The Hall–Kier alpha value is -0.410. The molecule has 0 amide bonds. The first-order valence-corrected chi connectivity index (χ1v) is 8.75. The Balaban J connectivity index is 0.00000242. The topological polar surface area (TPSA) is 52.6 Å². The number of aliphatic imine (C=N–C) groups is 1. The minimum absolute atomic E-state index is 0. The second-order valence-electron chi connectivity index (χ2n) is 5.37. The van der Waals surface area contributed by atoms with Crippen LogP contribution in [0.5, 0.6) is 0 Å². The Morgan fingerprint density at radius 1 is 1.32 bits per heavy atom. The lowest BCUT2D eigenvalue weighted by Gasteiger charge is -2.26. The van der Waals surface area contributed by atoms with Crippen LogP contribution >= 0.6 is 35.3 Å². The number of nitrogens with zero attached hydrogens (tertiary/aromatic N) is 3. The maximum atomic E-state index is 4.63. The smallest absolute Gasteiger partial charge is 0.191 e. The van der Waals surface area contributed by atoms with Crippen molar-refractivity contribution in [3.63, 3.8) is 0 Å². The number of guanidine groups is 1. The number of aromatic nitrogens is 1. The summed E-state index contributed by atoms with van der Waals surface area (Å²) in [4.78, 5) is 12.6. The summed E-state index contributed by atoms with van der Waals surface area (Å²) < 4.78 is 0. The maximum Gasteiger partial charge on any atom is 0.191 e. The second-order valence-corrected chi connectivity index (χ2v) is 6.69. The normalized spacial score (nSPS) is 16.2. The number of thiazole rings is 1. The molecule has 1 saturated heterocycles. The predicted molar refractivity (Wildman–Crippen MR) is 105 cm³/mol. The van der Waals surface area contributed by atoms with E-state index in [1.165, 1.54) is 37.2 Å². The highest BCUT2D eigenvalue weighted by molar-refractivity contribution is 14.0. The van der Waals surface area contributed by atoms with Crippen molar-refractivity contribution < 1.29 is 0 Å². The summed E-state index contributed by atoms with van der Waals surface area (Å²) in [7, 11) is 0. The van der Waals surface area contributed by atoms with E-state index in [1.807, 2.05) is 13.1 Å². The van der Waals surface area contributed by atoms with Gasteiger partial charge in [0.2, 0.25) is 0 Å². The molecule has 1 fully saturated rings. The SMILES string of the molecule is CCNC(=NCc1cnc(C)s1)NCCN1CCCCC1.I. The van der Waals surface area contributed by atoms with Crippen LogP contribution in [0.4, 0.5) is 0 Å². The molecule has 7 heteroatoms. The molecular formula is C15H28IN5S. The summed E-state index contributed by atoms with van der Waals surface area (Å²) in [5.74, 6) is 0.903. The highest BCUT2D eigenvalue weighted by Crippen LogP contribution is 2.12. The van der Waals surface area contributed by atoms with Crippen molar-refractivity contribution in [1.82, 2.24) is 20.5 Å². The first-order chi connectivity index (χ1) is 10.3. The fourth-order valence-corrected chi connectivity index (χ4v) is 3.21. The molecular weight excluding hydrogens is 409 g/mol. The summed E-state index contributed by atoms with van der Waals surface area (Å²) >= 11 is 1.71. The molecule has 1 aromatic heterocycles. The van der Waals surface area contributed by atoms with E-state index in [9.17, 15) is 0 Å². The van der Waals surface area contributed by atoms with Crippen LogP contribution in [-0.2, 0) is 6.54 Å². The van der Waals surface area contributed by atoms with E-state index in [-0.39, 0.29) is 24.0 Å². The molecule has 2 heterocycles. The predicted octanol–water partition coefficient (Wildman–Crippen LogP) is 2.61. The Kier molecular flexibility index (Phi) is 9.98. The molecule has 1 aliphatic heterocycles. The van der Waals surface area contributed by atoms with Crippen molar-refractivity contribution in [2.45, 2.75) is 39.7 Å². The number of aryl methyl sites for hydroxylation is 1. The Morgan fingerprint density at radius 2 is 2.09 bits per heavy atom. The van der Waals surface area contributed by atoms with Crippen LogP contribution in [0.25, 0.3) is 0 Å². The standard InChI is InChI=1S/C15H27N5S.HI/c1-3-16-15(19-12-14-11-18-13(2)21-14)17-7-10-20-8-5-4-6-9-20;/h11H,3-10,12H2,1-2H3,(H2,16,17,19);1H. The fraction of sp³-hybridized carbons (Fsp3) is 0.733. The molecule has 0 aromatic carbocycles. The van der Waals surface area contributed by atoms with Gasteiger partial charge in [-0.25, -0.2) is 9.98 Å². The van der Waals surface area contributed by atoms with Gasteiger partial charge in [-0.1, -0.05) is 6.42 Å². The summed E-state index contributed by atoms with van der Waals surface area (Å²) in [5.41, 5.74) is 0. The van der Waals surface area contributed by atoms with Gasteiger partial charge in [0, 0.05) is 30.7 Å². The lowest BCUT2D eigenvalue weighted by molar-refractivity contribution is 0.232. The van der Waals surface area contributed by atoms with Crippen molar-refractivity contribution in [2.75, 3.05) is 32.7 Å². The average molecular weight is 437 g/mol. The molecule has 2 N–H and O–H groups in total. The highest BCUT2D eigenvalue weighted by atomic mass is 127. The van der Waals surface area contributed by atoms with Crippen LogP contribution in [0, 0.1) is 6.92 Å². The average Bonchev–Trinajstić information content (AvgIpc) is 2.91. The van der Waals surface area contributed by atoms with Gasteiger partial charge < -0.3 is 15.5 Å². The summed E-state index contributed by atoms with van der Waals surface area (Å²) in [6, 6.07) is 0. The Labute approximate surface area is 155 Å². The molecule has 0 saturated carbocycles. The zero-order chi connectivity index (χ0) is 14.9. The number of likely N-dealkylation sites (tertiary alicyclic amines) is 1. The maximum absolute atomic E-state index is 4.63. The van der Waals surface area contributed by atoms with E-state index in [1.54, 1.807) is 11.3 Å². The monoisotopic (exact) mass is 437 g/mol. The van der Waals surface area contributed by atoms with Crippen molar-refractivity contribution in [3.05, 3.63) is 16.1 Å². The van der Waals surface area contributed by atoms with Gasteiger partial charge in [-0.15, -0.1) is 35.3 Å². The number of nitrogens with one attached hydrogen (secondary N) is 2. The third-order valence-electron chi connectivity index (χ3n) is 3.58. The second kappa shape index (κ2) is 11.2. The van der Waals surface area contributed by atoms with E-state index in [0.29, 0.717) is 6.54 Å². The van der Waals surface area contributed by atoms with Gasteiger partial charge >= 0.3 is 0 Å². The van der Waals surface area contributed by atoms with Gasteiger partial charge in [-0.3, -0.25) is 0 Å². The van der Waals surface area contributed by atoms with Gasteiger partial charge in [0.1, 0.15) is 0 Å². The van der Waals surface area contributed by atoms with Crippen LogP contribution in [0.3, 0.4) is 0 Å². The number of halogens is 1. The molecule has 0 radical (unpaired) electrons. The lowest BCUT2D eigenvalue weighted by atomic mass is 10.1.